The highest BCUT2D eigenvalue weighted by Crippen LogP contribution is 2.16. The molecule has 0 N–H and O–H groups in total. The van der Waals surface area contributed by atoms with Crippen LogP contribution < -0.4 is 0 Å². The molecule has 0 amide bonds. The van der Waals surface area contributed by atoms with E-state index in [4.69, 9.17) is 14.2 Å². The van der Waals surface area contributed by atoms with Crippen LogP contribution in [-0.2, 0) is 28.6 Å². The molecule has 0 aromatic heterocycles. The van der Waals surface area contributed by atoms with Crippen molar-refractivity contribution in [1.82, 2.24) is 0 Å². The fraction of sp³-hybridized carbons (Fsp3) is 0.825. The summed E-state index contributed by atoms with van der Waals surface area (Å²) in [6, 6.07) is 0. The average molecular weight is 968 g/mol. The quantitative estimate of drug-likeness (QED) is 0.0199. The summed E-state index contributed by atoms with van der Waals surface area (Å²) in [6.45, 7) is 6.62. The predicted octanol–water partition coefficient (Wildman–Crippen LogP) is 20.2. The molecule has 0 heterocycles. The maximum absolute atomic E-state index is 12.9. The number of hydrogen-bond acceptors (Lipinski definition) is 6. The van der Waals surface area contributed by atoms with Crippen molar-refractivity contribution >= 4 is 17.9 Å². The van der Waals surface area contributed by atoms with Gasteiger partial charge in [0.05, 0.1) is 0 Å². The molecule has 0 fully saturated rings. The van der Waals surface area contributed by atoms with E-state index in [1.54, 1.807) is 0 Å². The summed E-state index contributed by atoms with van der Waals surface area (Å²) in [5, 5.41) is 0. The second-order valence-electron chi connectivity index (χ2n) is 20.3. The molecule has 0 aliphatic rings. The molecule has 0 saturated heterocycles. The van der Waals surface area contributed by atoms with Gasteiger partial charge in [-0.25, -0.2) is 0 Å². The van der Waals surface area contributed by atoms with Crippen LogP contribution in [0.4, 0.5) is 0 Å². The van der Waals surface area contributed by atoms with Gasteiger partial charge in [0.15, 0.2) is 6.10 Å². The van der Waals surface area contributed by atoms with Crippen LogP contribution in [0.3, 0.4) is 0 Å². The Balaban J connectivity index is 4.36. The Morgan fingerprint density at radius 2 is 0.522 bits per heavy atom. The van der Waals surface area contributed by atoms with Crippen LogP contribution in [0.5, 0.6) is 0 Å². The number of allylic oxidation sites excluding steroid dienone is 8. The third kappa shape index (κ3) is 56.2. The third-order valence-electron chi connectivity index (χ3n) is 13.3. The lowest BCUT2D eigenvalue weighted by Gasteiger charge is -2.18. The zero-order valence-electron chi connectivity index (χ0n) is 46.1. The van der Waals surface area contributed by atoms with Crippen LogP contribution in [0.2, 0.25) is 0 Å². The molecule has 0 rings (SSSR count). The van der Waals surface area contributed by atoms with Crippen molar-refractivity contribution in [1.29, 1.82) is 0 Å². The highest BCUT2D eigenvalue weighted by atomic mass is 16.6. The first-order chi connectivity index (χ1) is 34.0. The van der Waals surface area contributed by atoms with Crippen molar-refractivity contribution in [2.24, 2.45) is 0 Å². The summed E-state index contributed by atoms with van der Waals surface area (Å²) >= 11 is 0. The van der Waals surface area contributed by atoms with Crippen LogP contribution in [-0.4, -0.2) is 37.2 Å². The fourth-order valence-electron chi connectivity index (χ4n) is 8.72. The van der Waals surface area contributed by atoms with Gasteiger partial charge in [-0.05, 0) is 96.3 Å². The monoisotopic (exact) mass is 967 g/mol. The summed E-state index contributed by atoms with van der Waals surface area (Å²) in [7, 11) is 0. The number of hydrogen-bond donors (Lipinski definition) is 0. The SMILES string of the molecule is CCCCC/C=C\C=C/CCCCCCCCCCCCC(=O)OCC(COC(=O)CCCCCCCCC/C=C\CCCCCC)OC(=O)CCCCCCCCC/C=C\CCCCCCCC. The van der Waals surface area contributed by atoms with Gasteiger partial charge >= 0.3 is 17.9 Å². The van der Waals surface area contributed by atoms with E-state index in [1.807, 2.05) is 0 Å². The molecule has 0 radical (unpaired) electrons. The highest BCUT2D eigenvalue weighted by molar-refractivity contribution is 5.71. The van der Waals surface area contributed by atoms with Crippen LogP contribution in [0.15, 0.2) is 48.6 Å². The lowest BCUT2D eigenvalue weighted by Crippen LogP contribution is -2.30. The molecule has 6 heteroatoms. The van der Waals surface area contributed by atoms with Gasteiger partial charge < -0.3 is 14.2 Å². The molecule has 0 aromatic carbocycles. The van der Waals surface area contributed by atoms with Gasteiger partial charge in [-0.3, -0.25) is 14.4 Å². The number of carbonyl (C=O) groups is 3. The van der Waals surface area contributed by atoms with Gasteiger partial charge in [0, 0.05) is 19.3 Å². The zero-order valence-corrected chi connectivity index (χ0v) is 46.1. The van der Waals surface area contributed by atoms with Gasteiger partial charge in [0.25, 0.3) is 0 Å². The first-order valence-electron chi connectivity index (χ1n) is 30.2. The molecule has 402 valence electrons. The molecule has 6 nitrogen and oxygen atoms in total. The maximum Gasteiger partial charge on any atom is 0.306 e. The average Bonchev–Trinajstić information content (AvgIpc) is 3.35. The molecule has 1 atom stereocenters. The molecule has 69 heavy (non-hydrogen) atoms. The molecule has 1 unspecified atom stereocenters. The first-order valence-corrected chi connectivity index (χ1v) is 30.2. The molecule has 0 aliphatic heterocycles. The second kappa shape index (κ2) is 57.9. The number of ether oxygens (including phenoxy) is 3. The summed E-state index contributed by atoms with van der Waals surface area (Å²) in [4.78, 5) is 38.2. The van der Waals surface area contributed by atoms with Gasteiger partial charge in [-0.15, -0.1) is 0 Å². The van der Waals surface area contributed by atoms with Crippen molar-refractivity contribution in [2.45, 2.75) is 322 Å². The largest absolute Gasteiger partial charge is 0.462 e. The molecular formula is C63H114O6. The maximum atomic E-state index is 12.9. The Morgan fingerprint density at radius 3 is 0.855 bits per heavy atom. The normalized spacial score (nSPS) is 12.3. The molecule has 0 aromatic rings. The van der Waals surface area contributed by atoms with Gasteiger partial charge in [-0.1, -0.05) is 249 Å². The second-order valence-corrected chi connectivity index (χ2v) is 20.3. The van der Waals surface area contributed by atoms with Crippen molar-refractivity contribution < 1.29 is 28.6 Å². The van der Waals surface area contributed by atoms with Crippen molar-refractivity contribution in [2.75, 3.05) is 13.2 Å². The van der Waals surface area contributed by atoms with Gasteiger partial charge in [0.2, 0.25) is 0 Å². The summed E-state index contributed by atoms with van der Waals surface area (Å²) in [6.07, 6.45) is 71.0. The minimum absolute atomic E-state index is 0.0761. The zero-order chi connectivity index (χ0) is 50.0. The highest BCUT2D eigenvalue weighted by Gasteiger charge is 2.19. The number of esters is 3. The molecule has 0 spiro atoms. The Bertz CT molecular complexity index is 1200. The number of carbonyl (C=O) groups excluding carboxylic acids is 3. The van der Waals surface area contributed by atoms with E-state index in [2.05, 4.69) is 69.4 Å². The molecule has 0 saturated carbocycles. The van der Waals surface area contributed by atoms with Crippen LogP contribution in [0.1, 0.15) is 316 Å². The first kappa shape index (κ1) is 66.4. The lowest BCUT2D eigenvalue weighted by atomic mass is 10.1. The summed E-state index contributed by atoms with van der Waals surface area (Å²) in [5.74, 6) is -0.872. The Hall–Kier alpha value is -2.63. The standard InChI is InChI=1S/C63H114O6/c1-4-7-10-13-16-19-22-25-28-30-31-33-35-38-41-44-47-50-53-56-62(65)68-59-60(58-67-61(64)55-52-49-46-43-40-37-34-27-24-21-18-15-12-9-6-3)69-63(66)57-54-51-48-45-42-39-36-32-29-26-23-20-17-14-11-8-5-2/h16,19,21-22,24-26,29,60H,4-15,17-18,20,23,27-28,30-59H2,1-3H3/b19-16-,24-21-,25-22-,29-26-. The fourth-order valence-corrected chi connectivity index (χ4v) is 8.72. The van der Waals surface area contributed by atoms with Gasteiger partial charge in [0.1, 0.15) is 13.2 Å². The molecule has 0 bridgehead atoms. The van der Waals surface area contributed by atoms with E-state index in [0.29, 0.717) is 19.3 Å². The lowest BCUT2D eigenvalue weighted by molar-refractivity contribution is -0.167. The minimum Gasteiger partial charge on any atom is -0.462 e. The van der Waals surface area contributed by atoms with E-state index >= 15 is 0 Å². The molecular weight excluding hydrogens is 853 g/mol. The number of unbranched alkanes of at least 4 members (excludes halogenated alkanes) is 37. The van der Waals surface area contributed by atoms with Crippen molar-refractivity contribution in [3.05, 3.63) is 48.6 Å². The van der Waals surface area contributed by atoms with Crippen molar-refractivity contribution in [3.63, 3.8) is 0 Å². The van der Waals surface area contributed by atoms with Crippen LogP contribution in [0.25, 0.3) is 0 Å². The van der Waals surface area contributed by atoms with Crippen LogP contribution >= 0.6 is 0 Å². The van der Waals surface area contributed by atoms with E-state index < -0.39 is 6.10 Å². The Labute approximate surface area is 428 Å². The number of rotatable bonds is 55. The summed E-state index contributed by atoms with van der Waals surface area (Å²) in [5.41, 5.74) is 0. The Morgan fingerprint density at radius 1 is 0.290 bits per heavy atom. The predicted molar refractivity (Wildman–Crippen MR) is 298 cm³/mol. The van der Waals surface area contributed by atoms with Gasteiger partial charge in [-0.2, -0.15) is 0 Å². The molecule has 0 aliphatic carbocycles. The van der Waals surface area contributed by atoms with E-state index in [1.165, 1.54) is 218 Å². The third-order valence-corrected chi connectivity index (χ3v) is 13.3. The smallest absolute Gasteiger partial charge is 0.306 e. The van der Waals surface area contributed by atoms with E-state index in [0.717, 1.165) is 57.8 Å². The topological polar surface area (TPSA) is 78.9 Å². The van der Waals surface area contributed by atoms with Crippen molar-refractivity contribution in [3.8, 4) is 0 Å². The van der Waals surface area contributed by atoms with Crippen LogP contribution in [0, 0.1) is 0 Å². The summed E-state index contributed by atoms with van der Waals surface area (Å²) < 4.78 is 16.9. The minimum atomic E-state index is -0.778. The Kier molecular flexibility index (Phi) is 55.7. The van der Waals surface area contributed by atoms with E-state index in [9.17, 15) is 14.4 Å². The van der Waals surface area contributed by atoms with E-state index in [-0.39, 0.29) is 31.1 Å².